The van der Waals surface area contributed by atoms with Gasteiger partial charge in [0.1, 0.15) is 11.4 Å². The third-order valence-electron chi connectivity index (χ3n) is 6.15. The van der Waals surface area contributed by atoms with Gasteiger partial charge in [-0.3, -0.25) is 0 Å². The molecule has 0 N–H and O–H groups in total. The Morgan fingerprint density at radius 1 is 1.00 bits per heavy atom. The fraction of sp³-hybridized carbons (Fsp3) is 0.630. The summed E-state index contributed by atoms with van der Waals surface area (Å²) in [5.74, 6) is 3.18. The van der Waals surface area contributed by atoms with Gasteiger partial charge >= 0.3 is 0 Å². The second kappa shape index (κ2) is 11.5. The van der Waals surface area contributed by atoms with E-state index >= 15 is 0 Å². The van der Waals surface area contributed by atoms with E-state index in [-0.39, 0.29) is 0 Å². The molecule has 2 aromatic rings. The van der Waals surface area contributed by atoms with E-state index in [1.165, 1.54) is 37.7 Å². The van der Waals surface area contributed by atoms with E-state index in [0.717, 1.165) is 60.1 Å². The number of unbranched alkanes of at least 4 members (excludes halogenated alkanes) is 1. The lowest BCUT2D eigenvalue weighted by molar-refractivity contribution is 0.318. The summed E-state index contributed by atoms with van der Waals surface area (Å²) < 4.78 is 11.9. The number of hydrogen-bond acceptors (Lipinski definition) is 5. The molecule has 0 unspecified atom stereocenters. The number of hydrogen-bond donors (Lipinski definition) is 0. The maximum absolute atomic E-state index is 6.09. The fourth-order valence-corrected chi connectivity index (χ4v) is 4.45. The van der Waals surface area contributed by atoms with Crippen LogP contribution in [0, 0.1) is 26.7 Å². The van der Waals surface area contributed by atoms with Gasteiger partial charge < -0.3 is 14.4 Å². The van der Waals surface area contributed by atoms with E-state index < -0.39 is 0 Å². The van der Waals surface area contributed by atoms with Crippen molar-refractivity contribution in [3.63, 3.8) is 0 Å². The van der Waals surface area contributed by atoms with E-state index in [2.05, 4.69) is 51.7 Å². The monoisotopic (exact) mass is 439 g/mol. The van der Waals surface area contributed by atoms with Crippen LogP contribution in [0.25, 0.3) is 11.4 Å². The van der Waals surface area contributed by atoms with Crippen LogP contribution in [-0.4, -0.2) is 36.8 Å². The van der Waals surface area contributed by atoms with Crippen LogP contribution in [-0.2, 0) is 0 Å². The third kappa shape index (κ3) is 6.14. The summed E-state index contributed by atoms with van der Waals surface area (Å²) >= 11 is 0. The lowest BCUT2D eigenvalue weighted by Gasteiger charge is -2.27. The number of anilines is 1. The van der Waals surface area contributed by atoms with Gasteiger partial charge in [0.15, 0.2) is 5.82 Å². The van der Waals surface area contributed by atoms with E-state index in [1.54, 1.807) is 7.11 Å². The molecular weight excluding hydrogens is 398 g/mol. The first-order valence-corrected chi connectivity index (χ1v) is 12.4. The van der Waals surface area contributed by atoms with Crippen molar-refractivity contribution in [2.45, 2.75) is 79.6 Å². The molecular formula is C27H41N3O2. The van der Waals surface area contributed by atoms with Crippen molar-refractivity contribution in [1.29, 1.82) is 0 Å². The first-order chi connectivity index (χ1) is 15.5. The first kappa shape index (κ1) is 24.3. The molecule has 5 heteroatoms. The highest BCUT2D eigenvalue weighted by Gasteiger charge is 2.23. The Bertz CT molecular complexity index is 893. The zero-order valence-corrected chi connectivity index (χ0v) is 21.0. The van der Waals surface area contributed by atoms with Gasteiger partial charge in [-0.1, -0.05) is 45.6 Å². The Morgan fingerprint density at radius 3 is 2.44 bits per heavy atom. The Kier molecular flexibility index (Phi) is 8.77. The van der Waals surface area contributed by atoms with E-state index in [9.17, 15) is 0 Å². The highest BCUT2D eigenvalue weighted by Crippen LogP contribution is 2.38. The number of aromatic nitrogens is 2. The zero-order valence-electron chi connectivity index (χ0n) is 21.0. The molecule has 3 rings (SSSR count). The average molecular weight is 440 g/mol. The number of rotatable bonds is 13. The maximum atomic E-state index is 6.09. The van der Waals surface area contributed by atoms with E-state index in [4.69, 9.17) is 19.4 Å². The lowest BCUT2D eigenvalue weighted by atomic mass is 10.0. The van der Waals surface area contributed by atoms with Gasteiger partial charge in [0, 0.05) is 13.1 Å². The van der Waals surface area contributed by atoms with Crippen LogP contribution in [0.4, 0.5) is 5.69 Å². The number of benzene rings is 1. The molecule has 1 fully saturated rings. The maximum Gasteiger partial charge on any atom is 0.241 e. The molecule has 0 aliphatic heterocycles. The van der Waals surface area contributed by atoms with Crippen molar-refractivity contribution in [2.75, 3.05) is 31.7 Å². The molecule has 32 heavy (non-hydrogen) atoms. The van der Waals surface area contributed by atoms with Crippen molar-refractivity contribution in [2.24, 2.45) is 5.92 Å². The smallest absolute Gasteiger partial charge is 0.241 e. The van der Waals surface area contributed by atoms with Gasteiger partial charge in [-0.05, 0) is 63.1 Å². The molecule has 0 bridgehead atoms. The summed E-state index contributed by atoms with van der Waals surface area (Å²) in [6.45, 7) is 13.3. The molecule has 0 atom stereocenters. The molecule has 0 spiro atoms. The van der Waals surface area contributed by atoms with Crippen LogP contribution in [0.15, 0.2) is 12.1 Å². The Morgan fingerprint density at radius 2 is 1.78 bits per heavy atom. The minimum Gasteiger partial charge on any atom is -0.493 e. The van der Waals surface area contributed by atoms with Gasteiger partial charge in [0.05, 0.1) is 25.0 Å². The van der Waals surface area contributed by atoms with Crippen LogP contribution in [0.2, 0.25) is 0 Å². The van der Waals surface area contributed by atoms with E-state index in [0.29, 0.717) is 18.3 Å². The quantitative estimate of drug-likeness (QED) is 0.326. The topological polar surface area (TPSA) is 47.5 Å². The number of nitrogens with zero attached hydrogens (tertiary/aromatic N) is 3. The van der Waals surface area contributed by atoms with Crippen LogP contribution in [0.3, 0.4) is 0 Å². The highest BCUT2D eigenvalue weighted by molar-refractivity contribution is 5.72. The van der Waals surface area contributed by atoms with Gasteiger partial charge in [0.2, 0.25) is 5.88 Å². The summed E-state index contributed by atoms with van der Waals surface area (Å²) in [5.41, 5.74) is 5.26. The fourth-order valence-electron chi connectivity index (χ4n) is 4.45. The summed E-state index contributed by atoms with van der Waals surface area (Å²) in [6.07, 6.45) is 8.78. The molecule has 1 heterocycles. The van der Waals surface area contributed by atoms with Crippen molar-refractivity contribution >= 4 is 5.69 Å². The number of methoxy groups -OCH3 is 1. The Balaban J connectivity index is 1.93. The molecule has 1 saturated carbocycles. The molecule has 1 aromatic carbocycles. The molecule has 1 aliphatic rings. The number of aryl methyl sites for hydroxylation is 3. The van der Waals surface area contributed by atoms with Gasteiger partial charge in [0.25, 0.3) is 0 Å². The summed E-state index contributed by atoms with van der Waals surface area (Å²) in [6, 6.07) is 4.25. The minimum atomic E-state index is 0.657. The summed E-state index contributed by atoms with van der Waals surface area (Å²) in [5, 5.41) is 0. The predicted octanol–water partition coefficient (Wildman–Crippen LogP) is 6.66. The molecule has 1 aliphatic carbocycles. The minimum absolute atomic E-state index is 0.657. The van der Waals surface area contributed by atoms with E-state index in [1.807, 2.05) is 0 Å². The summed E-state index contributed by atoms with van der Waals surface area (Å²) in [7, 11) is 1.71. The first-order valence-electron chi connectivity index (χ1n) is 12.4. The van der Waals surface area contributed by atoms with Crippen LogP contribution in [0.5, 0.6) is 11.6 Å². The highest BCUT2D eigenvalue weighted by atomic mass is 16.5. The number of ether oxygens (including phenoxy) is 2. The summed E-state index contributed by atoms with van der Waals surface area (Å²) in [4.78, 5) is 12.3. The van der Waals surface area contributed by atoms with Crippen molar-refractivity contribution in [1.82, 2.24) is 9.97 Å². The lowest BCUT2D eigenvalue weighted by Crippen LogP contribution is -2.27. The largest absolute Gasteiger partial charge is 0.493 e. The third-order valence-corrected chi connectivity index (χ3v) is 6.15. The molecule has 0 saturated heterocycles. The molecule has 1 aromatic heterocycles. The normalized spacial score (nSPS) is 13.3. The van der Waals surface area contributed by atoms with Crippen LogP contribution >= 0.6 is 0 Å². The van der Waals surface area contributed by atoms with Gasteiger partial charge in [-0.15, -0.1) is 0 Å². The Labute approximate surface area is 194 Å². The molecule has 0 radical (unpaired) electrons. The van der Waals surface area contributed by atoms with Crippen molar-refractivity contribution in [3.05, 3.63) is 29.0 Å². The van der Waals surface area contributed by atoms with Crippen molar-refractivity contribution in [3.8, 4) is 23.0 Å². The second-order valence-corrected chi connectivity index (χ2v) is 9.22. The SMILES string of the molecule is CCCOc1cc(C)cc(C)c1-c1nc(C)c(N(CCC)CCCCC2CC2)c(OC)n1. The van der Waals surface area contributed by atoms with Gasteiger partial charge in [-0.25, -0.2) is 4.98 Å². The van der Waals surface area contributed by atoms with Crippen LogP contribution < -0.4 is 14.4 Å². The van der Waals surface area contributed by atoms with Gasteiger partial charge in [-0.2, -0.15) is 4.98 Å². The average Bonchev–Trinajstić information content (AvgIpc) is 3.58. The zero-order chi connectivity index (χ0) is 23.1. The predicted molar refractivity (Wildman–Crippen MR) is 133 cm³/mol. The standard InChI is InChI=1S/C27H41N3O2/c1-7-14-30(15-10-9-11-22-12-13-22)25-21(5)28-26(29-27(25)31-6)24-20(4)17-19(3)18-23(24)32-16-8-2/h17-18,22H,7-16H2,1-6H3. The molecule has 0 amide bonds. The van der Waals surface area contributed by atoms with Crippen LogP contribution in [0.1, 0.15) is 75.6 Å². The molecule has 176 valence electrons. The van der Waals surface area contributed by atoms with Crippen molar-refractivity contribution < 1.29 is 9.47 Å². The Hall–Kier alpha value is -2.30. The molecule has 5 nitrogen and oxygen atoms in total. The second-order valence-electron chi connectivity index (χ2n) is 9.22.